The fourth-order valence-corrected chi connectivity index (χ4v) is 2.64. The van der Waals surface area contributed by atoms with E-state index in [2.05, 4.69) is 20.5 Å². The number of ether oxygens (including phenoxy) is 1. The van der Waals surface area contributed by atoms with Gasteiger partial charge in [-0.1, -0.05) is 12.1 Å². The Labute approximate surface area is 163 Å². The predicted molar refractivity (Wildman–Crippen MR) is 110 cm³/mol. The van der Waals surface area contributed by atoms with Crippen molar-refractivity contribution in [1.82, 2.24) is 15.5 Å². The second-order valence-corrected chi connectivity index (χ2v) is 8.25. The smallest absolute Gasteiger partial charge is 0.251 e. The molecule has 0 atom stereocenters. The van der Waals surface area contributed by atoms with Gasteiger partial charge in [0.15, 0.2) is 5.96 Å². The average Bonchev–Trinajstić information content (AvgIpc) is 3.42. The second-order valence-electron chi connectivity index (χ2n) is 8.25. The number of nitrogens with one attached hydrogen (secondary N) is 2. The van der Waals surface area contributed by atoms with Crippen molar-refractivity contribution in [2.24, 2.45) is 10.9 Å². The highest BCUT2D eigenvalue weighted by Gasteiger charge is 2.21. The first kappa shape index (κ1) is 21.2. The number of hydrogen-bond acceptors (Lipinski definition) is 3. The molecule has 6 heteroatoms. The van der Waals surface area contributed by atoms with Gasteiger partial charge in [0, 0.05) is 44.9 Å². The van der Waals surface area contributed by atoms with E-state index < -0.39 is 0 Å². The number of benzene rings is 1. The first-order valence-electron chi connectivity index (χ1n) is 9.69. The van der Waals surface area contributed by atoms with E-state index in [0.717, 1.165) is 30.6 Å². The maximum absolute atomic E-state index is 12.3. The van der Waals surface area contributed by atoms with Crippen molar-refractivity contribution < 1.29 is 9.53 Å². The maximum atomic E-state index is 12.3. The van der Waals surface area contributed by atoms with Gasteiger partial charge in [-0.3, -0.25) is 9.79 Å². The van der Waals surface area contributed by atoms with Gasteiger partial charge in [-0.25, -0.2) is 0 Å². The lowest BCUT2D eigenvalue weighted by atomic mass is 10.1. The van der Waals surface area contributed by atoms with Crippen LogP contribution in [0.2, 0.25) is 0 Å². The number of carbonyl (C=O) groups excluding carboxylic acids is 1. The Morgan fingerprint density at radius 3 is 2.70 bits per heavy atom. The van der Waals surface area contributed by atoms with Crippen LogP contribution in [-0.2, 0) is 11.3 Å². The van der Waals surface area contributed by atoms with Gasteiger partial charge in [0.05, 0.1) is 6.61 Å². The number of hydrogen-bond donors (Lipinski definition) is 2. The topological polar surface area (TPSA) is 66.0 Å². The van der Waals surface area contributed by atoms with Crippen LogP contribution in [0.3, 0.4) is 0 Å². The molecule has 0 aliphatic heterocycles. The van der Waals surface area contributed by atoms with Crippen LogP contribution >= 0.6 is 0 Å². The van der Waals surface area contributed by atoms with Crippen LogP contribution in [0.1, 0.15) is 49.5 Å². The number of guanidine groups is 1. The van der Waals surface area contributed by atoms with Crippen molar-refractivity contribution in [3.63, 3.8) is 0 Å². The molecule has 1 aliphatic carbocycles. The normalized spacial score (nSPS) is 14.8. The molecule has 0 heterocycles. The van der Waals surface area contributed by atoms with Crippen LogP contribution in [0.25, 0.3) is 0 Å². The summed E-state index contributed by atoms with van der Waals surface area (Å²) in [5, 5.41) is 6.34. The Kier molecular flexibility index (Phi) is 7.66. The van der Waals surface area contributed by atoms with E-state index >= 15 is 0 Å². The van der Waals surface area contributed by atoms with Crippen molar-refractivity contribution in [3.05, 3.63) is 35.4 Å². The molecule has 0 radical (unpaired) electrons. The number of amides is 1. The monoisotopic (exact) mass is 374 g/mol. The third-order valence-electron chi connectivity index (χ3n) is 4.32. The molecule has 1 amide bonds. The Bertz CT molecular complexity index is 648. The molecule has 2 rings (SSSR count). The van der Waals surface area contributed by atoms with E-state index in [1.165, 1.54) is 12.8 Å². The lowest BCUT2D eigenvalue weighted by Gasteiger charge is -2.22. The Morgan fingerprint density at radius 2 is 2.07 bits per heavy atom. The highest BCUT2D eigenvalue weighted by molar-refractivity contribution is 5.94. The SMILES string of the molecule is CN=C(NCc1cccc(C(=O)NC(C)(C)C)c1)N(C)CCOCC1CC1. The first-order valence-corrected chi connectivity index (χ1v) is 9.69. The molecule has 0 unspecified atom stereocenters. The summed E-state index contributed by atoms with van der Waals surface area (Å²) in [7, 11) is 3.78. The number of rotatable bonds is 8. The minimum Gasteiger partial charge on any atom is -0.379 e. The fourth-order valence-electron chi connectivity index (χ4n) is 2.64. The van der Waals surface area contributed by atoms with E-state index in [1.807, 2.05) is 52.1 Å². The molecule has 1 saturated carbocycles. The van der Waals surface area contributed by atoms with Gasteiger partial charge in [-0.15, -0.1) is 0 Å². The third kappa shape index (κ3) is 7.99. The van der Waals surface area contributed by atoms with Crippen LogP contribution in [0.15, 0.2) is 29.3 Å². The molecule has 0 spiro atoms. The second kappa shape index (κ2) is 9.74. The molecule has 2 N–H and O–H groups in total. The summed E-state index contributed by atoms with van der Waals surface area (Å²) in [6.07, 6.45) is 2.62. The summed E-state index contributed by atoms with van der Waals surface area (Å²) in [5.74, 6) is 1.55. The summed E-state index contributed by atoms with van der Waals surface area (Å²) in [6.45, 7) is 8.91. The van der Waals surface area contributed by atoms with Gasteiger partial charge in [-0.05, 0) is 57.2 Å². The van der Waals surface area contributed by atoms with Crippen LogP contribution in [0.4, 0.5) is 0 Å². The Hall–Kier alpha value is -2.08. The van der Waals surface area contributed by atoms with E-state index in [4.69, 9.17) is 4.74 Å². The van der Waals surface area contributed by atoms with Crippen molar-refractivity contribution in [3.8, 4) is 0 Å². The zero-order valence-corrected chi connectivity index (χ0v) is 17.3. The predicted octanol–water partition coefficient (Wildman–Crippen LogP) is 2.65. The summed E-state index contributed by atoms with van der Waals surface area (Å²) in [6, 6.07) is 7.67. The Morgan fingerprint density at radius 1 is 1.33 bits per heavy atom. The van der Waals surface area contributed by atoms with Crippen molar-refractivity contribution in [1.29, 1.82) is 0 Å². The number of aliphatic imine (C=N–C) groups is 1. The lowest BCUT2D eigenvalue weighted by Crippen LogP contribution is -2.41. The number of likely N-dealkylation sites (N-methyl/N-ethyl adjacent to an activating group) is 1. The van der Waals surface area contributed by atoms with E-state index in [9.17, 15) is 4.79 Å². The lowest BCUT2D eigenvalue weighted by molar-refractivity contribution is 0.0919. The van der Waals surface area contributed by atoms with Crippen LogP contribution < -0.4 is 10.6 Å². The Balaban J connectivity index is 1.82. The zero-order valence-electron chi connectivity index (χ0n) is 17.3. The third-order valence-corrected chi connectivity index (χ3v) is 4.32. The quantitative estimate of drug-likeness (QED) is 0.417. The molecule has 1 aromatic carbocycles. The van der Waals surface area contributed by atoms with Gasteiger partial charge in [0.2, 0.25) is 0 Å². The minimum atomic E-state index is -0.252. The fraction of sp³-hybridized carbons (Fsp3) is 0.619. The van der Waals surface area contributed by atoms with Crippen molar-refractivity contribution in [2.45, 2.75) is 45.7 Å². The molecular weight excluding hydrogens is 340 g/mol. The van der Waals surface area contributed by atoms with Crippen molar-refractivity contribution in [2.75, 3.05) is 33.9 Å². The summed E-state index contributed by atoms with van der Waals surface area (Å²) in [5.41, 5.74) is 1.45. The van der Waals surface area contributed by atoms with Gasteiger partial charge >= 0.3 is 0 Å². The molecule has 0 bridgehead atoms. The van der Waals surface area contributed by atoms with Gasteiger partial charge in [0.25, 0.3) is 5.91 Å². The molecular formula is C21H34N4O2. The highest BCUT2D eigenvalue weighted by Crippen LogP contribution is 2.28. The molecule has 1 fully saturated rings. The molecule has 0 aromatic heterocycles. The summed E-state index contributed by atoms with van der Waals surface area (Å²) < 4.78 is 5.70. The maximum Gasteiger partial charge on any atom is 0.251 e. The molecule has 1 aliphatic rings. The van der Waals surface area contributed by atoms with Crippen LogP contribution in [0, 0.1) is 5.92 Å². The van der Waals surface area contributed by atoms with Crippen LogP contribution in [-0.4, -0.2) is 56.2 Å². The summed E-state index contributed by atoms with van der Waals surface area (Å²) >= 11 is 0. The van der Waals surface area contributed by atoms with E-state index in [-0.39, 0.29) is 11.4 Å². The molecule has 150 valence electrons. The van der Waals surface area contributed by atoms with Crippen molar-refractivity contribution >= 4 is 11.9 Å². The largest absolute Gasteiger partial charge is 0.379 e. The molecule has 0 saturated heterocycles. The molecule has 6 nitrogen and oxygen atoms in total. The molecule has 1 aromatic rings. The number of carbonyl (C=O) groups is 1. The standard InChI is InChI=1S/C21H34N4O2/c1-21(2,3)24-19(26)18-8-6-7-17(13-18)14-23-20(22-4)25(5)11-12-27-15-16-9-10-16/h6-8,13,16H,9-12,14-15H2,1-5H3,(H,22,23)(H,24,26). The first-order chi connectivity index (χ1) is 12.8. The van der Waals surface area contributed by atoms with Gasteiger partial charge in [0.1, 0.15) is 0 Å². The highest BCUT2D eigenvalue weighted by atomic mass is 16.5. The minimum absolute atomic E-state index is 0.0568. The van der Waals surface area contributed by atoms with E-state index in [1.54, 1.807) is 7.05 Å². The van der Waals surface area contributed by atoms with Gasteiger partial charge < -0.3 is 20.3 Å². The molecule has 27 heavy (non-hydrogen) atoms. The zero-order chi connectivity index (χ0) is 19.9. The van der Waals surface area contributed by atoms with Crippen LogP contribution in [0.5, 0.6) is 0 Å². The average molecular weight is 375 g/mol. The summed E-state index contributed by atoms with van der Waals surface area (Å²) in [4.78, 5) is 18.7. The van der Waals surface area contributed by atoms with E-state index in [0.29, 0.717) is 18.7 Å². The number of nitrogens with zero attached hydrogens (tertiary/aromatic N) is 2. The van der Waals surface area contributed by atoms with Gasteiger partial charge in [-0.2, -0.15) is 0 Å².